The second-order valence-electron chi connectivity index (χ2n) is 4.51. The monoisotopic (exact) mass is 232 g/mol. The number of carboxylic acid groups (broad SMARTS) is 1. The van der Waals surface area contributed by atoms with E-state index in [4.69, 9.17) is 9.84 Å². The number of piperidine rings is 1. The third kappa shape index (κ3) is 2.62. The number of nitrogens with zero attached hydrogens (tertiary/aromatic N) is 1. The fourth-order valence-electron chi connectivity index (χ4n) is 1.89. The summed E-state index contributed by atoms with van der Waals surface area (Å²) >= 11 is 0. The Morgan fingerprint density at radius 2 is 2.12 bits per heavy atom. The number of ether oxygens (including phenoxy) is 1. The van der Waals surface area contributed by atoms with Gasteiger partial charge >= 0.3 is 6.09 Å². The van der Waals surface area contributed by atoms with Gasteiger partial charge in [0.05, 0.1) is 12.7 Å². The van der Waals surface area contributed by atoms with Crippen molar-refractivity contribution in [3.63, 3.8) is 0 Å². The average molecular weight is 232 g/mol. The van der Waals surface area contributed by atoms with E-state index in [-0.39, 0.29) is 38.6 Å². The molecule has 0 aromatic rings. The van der Waals surface area contributed by atoms with Crippen LogP contribution in [0.2, 0.25) is 0 Å². The van der Waals surface area contributed by atoms with Gasteiger partial charge in [-0.3, -0.25) is 0 Å². The van der Waals surface area contributed by atoms with Crippen molar-refractivity contribution in [1.82, 2.24) is 10.2 Å². The maximum Gasteiger partial charge on any atom is 0.407 e. The molecule has 2 aliphatic rings. The summed E-state index contributed by atoms with van der Waals surface area (Å²) in [6.07, 6.45) is -0.366. The highest BCUT2D eigenvalue weighted by atomic mass is 19.1. The minimum Gasteiger partial charge on any atom is -0.465 e. The van der Waals surface area contributed by atoms with Gasteiger partial charge in [-0.05, 0) is 0 Å². The number of amides is 1. The van der Waals surface area contributed by atoms with Crippen LogP contribution in [0.5, 0.6) is 0 Å². The largest absolute Gasteiger partial charge is 0.465 e. The van der Waals surface area contributed by atoms with Crippen LogP contribution in [-0.2, 0) is 4.74 Å². The molecule has 0 aromatic heterocycles. The van der Waals surface area contributed by atoms with Gasteiger partial charge in [0, 0.05) is 39.0 Å². The summed E-state index contributed by atoms with van der Waals surface area (Å²) in [7, 11) is 0. The number of alkyl halides is 1. The third-order valence-electron chi connectivity index (χ3n) is 3.25. The summed E-state index contributed by atoms with van der Waals surface area (Å²) in [6.45, 7) is 2.19. The molecule has 2 heterocycles. The highest BCUT2D eigenvalue weighted by molar-refractivity contribution is 5.65. The van der Waals surface area contributed by atoms with Gasteiger partial charge in [0.25, 0.3) is 0 Å². The Labute approximate surface area is 93.6 Å². The lowest BCUT2D eigenvalue weighted by Crippen LogP contribution is -2.52. The normalized spacial score (nSPS) is 25.2. The lowest BCUT2D eigenvalue weighted by atomic mass is 9.94. The molecule has 92 valence electrons. The first-order valence-electron chi connectivity index (χ1n) is 5.58. The predicted molar refractivity (Wildman–Crippen MR) is 55.3 cm³/mol. The fraction of sp³-hybridized carbons (Fsp3) is 0.900. The second kappa shape index (κ2) is 4.55. The van der Waals surface area contributed by atoms with Crippen LogP contribution in [0, 0.1) is 0 Å². The molecule has 2 saturated heterocycles. The molecule has 2 aliphatic heterocycles. The van der Waals surface area contributed by atoms with Crippen molar-refractivity contribution in [3.05, 3.63) is 0 Å². The molecule has 2 fully saturated rings. The molecule has 2 rings (SSSR count). The van der Waals surface area contributed by atoms with Crippen LogP contribution in [0.4, 0.5) is 9.18 Å². The van der Waals surface area contributed by atoms with Gasteiger partial charge in [0.2, 0.25) is 0 Å². The van der Waals surface area contributed by atoms with Gasteiger partial charge in [-0.25, -0.2) is 9.18 Å². The Morgan fingerprint density at radius 3 is 2.56 bits per heavy atom. The average Bonchev–Trinajstić information content (AvgIpc) is 2.15. The topological polar surface area (TPSA) is 61.8 Å². The molecule has 0 spiro atoms. The molecule has 2 N–H and O–H groups in total. The summed E-state index contributed by atoms with van der Waals surface area (Å²) in [5.41, 5.74) is -1.35. The molecule has 0 aromatic carbocycles. The van der Waals surface area contributed by atoms with Gasteiger partial charge in [-0.2, -0.15) is 0 Å². The smallest absolute Gasteiger partial charge is 0.407 e. The van der Waals surface area contributed by atoms with Gasteiger partial charge in [0.15, 0.2) is 0 Å². The molecule has 0 radical (unpaired) electrons. The van der Waals surface area contributed by atoms with Gasteiger partial charge in [-0.15, -0.1) is 0 Å². The first-order chi connectivity index (χ1) is 7.59. The minimum atomic E-state index is -1.35. The van der Waals surface area contributed by atoms with E-state index in [2.05, 4.69) is 5.32 Å². The Bertz CT molecular complexity index is 263. The van der Waals surface area contributed by atoms with E-state index in [1.54, 1.807) is 0 Å². The molecular weight excluding hydrogens is 215 g/mol. The number of likely N-dealkylation sites (tertiary alicyclic amines) is 1. The van der Waals surface area contributed by atoms with E-state index >= 15 is 0 Å². The second-order valence-corrected chi connectivity index (χ2v) is 4.51. The molecule has 16 heavy (non-hydrogen) atoms. The fourth-order valence-corrected chi connectivity index (χ4v) is 1.89. The van der Waals surface area contributed by atoms with E-state index in [9.17, 15) is 9.18 Å². The van der Waals surface area contributed by atoms with Crippen LogP contribution in [0.25, 0.3) is 0 Å². The van der Waals surface area contributed by atoms with E-state index in [0.29, 0.717) is 0 Å². The first-order valence-corrected chi connectivity index (χ1v) is 5.58. The Kier molecular flexibility index (Phi) is 3.30. The molecule has 1 amide bonds. The Balaban J connectivity index is 1.74. The minimum absolute atomic E-state index is 0.0901. The van der Waals surface area contributed by atoms with Crippen LogP contribution in [-0.4, -0.2) is 60.7 Å². The molecular formula is C10H17FN2O3. The number of nitrogens with one attached hydrogen (secondary N) is 1. The summed E-state index contributed by atoms with van der Waals surface area (Å²) in [5.74, 6) is 0. The number of carbonyl (C=O) groups is 1. The zero-order valence-electron chi connectivity index (χ0n) is 9.12. The number of hydrogen-bond acceptors (Lipinski definition) is 3. The quantitative estimate of drug-likeness (QED) is 0.742. The molecule has 0 unspecified atom stereocenters. The van der Waals surface area contributed by atoms with Crippen LogP contribution in [0.1, 0.15) is 12.8 Å². The van der Waals surface area contributed by atoms with Crippen LogP contribution in [0.15, 0.2) is 0 Å². The number of rotatable bonds is 3. The number of hydrogen-bond donors (Lipinski definition) is 2. The van der Waals surface area contributed by atoms with Crippen LogP contribution >= 0.6 is 0 Å². The summed E-state index contributed by atoms with van der Waals surface area (Å²) in [6, 6.07) is 0. The summed E-state index contributed by atoms with van der Waals surface area (Å²) < 4.78 is 19.6. The molecule has 5 nitrogen and oxygen atoms in total. The Morgan fingerprint density at radius 1 is 1.50 bits per heavy atom. The standard InChI is InChI=1S/C10H17FN2O3/c11-10(7-16-8-5-12-6-8)1-3-13(4-2-10)9(14)15/h8,12H,1-7H2,(H,14,15). The van der Waals surface area contributed by atoms with Gasteiger partial charge < -0.3 is 20.1 Å². The Hall–Kier alpha value is -0.880. The lowest BCUT2D eigenvalue weighted by molar-refractivity contribution is -0.0657. The summed E-state index contributed by atoms with van der Waals surface area (Å²) in [4.78, 5) is 11.9. The van der Waals surface area contributed by atoms with Crippen molar-refractivity contribution >= 4 is 6.09 Å². The summed E-state index contributed by atoms with van der Waals surface area (Å²) in [5, 5.41) is 11.8. The predicted octanol–water partition coefficient (Wildman–Crippen LogP) is 0.457. The van der Waals surface area contributed by atoms with Crippen LogP contribution in [0.3, 0.4) is 0 Å². The van der Waals surface area contributed by atoms with Crippen molar-refractivity contribution < 1.29 is 19.0 Å². The highest BCUT2D eigenvalue weighted by Gasteiger charge is 2.37. The SMILES string of the molecule is O=C(O)N1CCC(F)(COC2CNC2)CC1. The number of halogens is 1. The maximum absolute atomic E-state index is 14.2. The van der Waals surface area contributed by atoms with Crippen LogP contribution < -0.4 is 5.32 Å². The van der Waals surface area contributed by atoms with Gasteiger partial charge in [0.1, 0.15) is 5.67 Å². The van der Waals surface area contributed by atoms with E-state index in [0.717, 1.165) is 13.1 Å². The molecule has 0 saturated carbocycles. The lowest BCUT2D eigenvalue weighted by Gasteiger charge is -2.37. The molecule has 0 atom stereocenters. The van der Waals surface area contributed by atoms with Crippen molar-refractivity contribution in [2.75, 3.05) is 32.8 Å². The van der Waals surface area contributed by atoms with Gasteiger partial charge in [-0.1, -0.05) is 0 Å². The third-order valence-corrected chi connectivity index (χ3v) is 3.25. The van der Waals surface area contributed by atoms with E-state index in [1.807, 2.05) is 0 Å². The molecule has 6 heteroatoms. The first kappa shape index (κ1) is 11.6. The van der Waals surface area contributed by atoms with Crippen molar-refractivity contribution in [2.45, 2.75) is 24.6 Å². The highest BCUT2D eigenvalue weighted by Crippen LogP contribution is 2.27. The zero-order valence-corrected chi connectivity index (χ0v) is 9.12. The zero-order chi connectivity index (χ0) is 11.6. The molecule has 0 aliphatic carbocycles. The maximum atomic E-state index is 14.2. The van der Waals surface area contributed by atoms with Crippen molar-refractivity contribution in [2.24, 2.45) is 0 Å². The molecule has 0 bridgehead atoms. The van der Waals surface area contributed by atoms with E-state index < -0.39 is 11.8 Å². The van der Waals surface area contributed by atoms with E-state index in [1.165, 1.54) is 4.90 Å². The van der Waals surface area contributed by atoms with Crippen molar-refractivity contribution in [3.8, 4) is 0 Å². The van der Waals surface area contributed by atoms with Crippen molar-refractivity contribution in [1.29, 1.82) is 0 Å².